The van der Waals surface area contributed by atoms with Crippen molar-refractivity contribution in [3.8, 4) is 11.5 Å². The fraction of sp³-hybridized carbons (Fsp3) is 0.227. The molecule has 0 fully saturated rings. The summed E-state index contributed by atoms with van der Waals surface area (Å²) >= 11 is 0. The van der Waals surface area contributed by atoms with Crippen LogP contribution in [0.3, 0.4) is 0 Å². The number of benzene rings is 2. The average Bonchev–Trinajstić information content (AvgIpc) is 3.03. The van der Waals surface area contributed by atoms with Crippen molar-refractivity contribution in [3.05, 3.63) is 65.4 Å². The summed E-state index contributed by atoms with van der Waals surface area (Å²) in [5.41, 5.74) is 1.54. The molecule has 0 aromatic heterocycles. The number of cyclic esters (lactones) is 1. The summed E-state index contributed by atoms with van der Waals surface area (Å²) in [5.74, 6) is 0.465. The van der Waals surface area contributed by atoms with Crippen molar-refractivity contribution in [1.82, 2.24) is 0 Å². The first kappa shape index (κ1) is 19.4. The van der Waals surface area contributed by atoms with Crippen LogP contribution in [0.1, 0.15) is 37.8 Å². The first-order chi connectivity index (χ1) is 13.5. The first-order valence-corrected chi connectivity index (χ1v) is 9.09. The van der Waals surface area contributed by atoms with Gasteiger partial charge in [0.1, 0.15) is 11.5 Å². The number of hydrogen-bond donors (Lipinski definition) is 0. The van der Waals surface area contributed by atoms with Crippen molar-refractivity contribution in [2.24, 2.45) is 4.99 Å². The maximum Gasteiger partial charge on any atom is 0.363 e. The maximum absolute atomic E-state index is 12.2. The highest BCUT2D eigenvalue weighted by atomic mass is 16.6. The van der Waals surface area contributed by atoms with Crippen molar-refractivity contribution in [3.63, 3.8) is 0 Å². The summed E-state index contributed by atoms with van der Waals surface area (Å²) in [4.78, 5) is 27.5. The van der Waals surface area contributed by atoms with E-state index < -0.39 is 11.9 Å². The zero-order chi connectivity index (χ0) is 19.9. The Hall–Kier alpha value is -3.41. The Kier molecular flexibility index (Phi) is 6.22. The van der Waals surface area contributed by atoms with E-state index in [1.807, 2.05) is 12.1 Å². The first-order valence-electron chi connectivity index (χ1n) is 9.09. The van der Waals surface area contributed by atoms with E-state index in [2.05, 4.69) is 11.9 Å². The minimum absolute atomic E-state index is 0.179. The van der Waals surface area contributed by atoms with Gasteiger partial charge < -0.3 is 14.2 Å². The molecule has 6 heteroatoms. The Balaban J connectivity index is 1.75. The number of rotatable bonds is 7. The Morgan fingerprint density at radius 3 is 2.64 bits per heavy atom. The van der Waals surface area contributed by atoms with Crippen LogP contribution in [0.4, 0.5) is 0 Å². The zero-order valence-corrected chi connectivity index (χ0v) is 15.8. The van der Waals surface area contributed by atoms with Gasteiger partial charge in [-0.3, -0.25) is 4.79 Å². The predicted molar refractivity (Wildman–Crippen MR) is 105 cm³/mol. The van der Waals surface area contributed by atoms with E-state index in [0.29, 0.717) is 23.5 Å². The smallest absolute Gasteiger partial charge is 0.363 e. The number of nitrogens with zero attached hydrogens (tertiary/aromatic N) is 1. The molecule has 0 aliphatic carbocycles. The van der Waals surface area contributed by atoms with Gasteiger partial charge in [0.2, 0.25) is 5.90 Å². The molecule has 1 heterocycles. The Morgan fingerprint density at radius 2 is 1.93 bits per heavy atom. The van der Waals surface area contributed by atoms with Crippen LogP contribution in [0.25, 0.3) is 6.08 Å². The molecule has 1 aliphatic rings. The molecule has 6 nitrogen and oxygen atoms in total. The molecule has 0 radical (unpaired) electrons. The molecule has 0 bridgehead atoms. The molecule has 3 rings (SSSR count). The van der Waals surface area contributed by atoms with Gasteiger partial charge in [-0.1, -0.05) is 25.5 Å². The molecule has 0 saturated carbocycles. The van der Waals surface area contributed by atoms with Crippen LogP contribution in [0, 0.1) is 0 Å². The number of unbranched alkanes of at least 4 members (excludes halogenated alkanes) is 1. The molecule has 0 atom stereocenters. The Morgan fingerprint density at radius 1 is 1.14 bits per heavy atom. The SMILES string of the molecule is CCCCOc1ccc(C2=NC(=Cc3cccc(OC(C)=O)c3)C(=O)O2)cc1. The quantitative estimate of drug-likeness (QED) is 0.313. The van der Waals surface area contributed by atoms with Gasteiger partial charge in [-0.25, -0.2) is 9.79 Å². The molecule has 0 spiro atoms. The number of hydrogen-bond acceptors (Lipinski definition) is 6. The molecule has 144 valence electrons. The van der Waals surface area contributed by atoms with Crippen LogP contribution in [0.15, 0.2) is 59.2 Å². The molecule has 0 amide bonds. The third kappa shape index (κ3) is 5.07. The average molecular weight is 379 g/mol. The number of carbonyl (C=O) groups excluding carboxylic acids is 2. The molecule has 2 aromatic carbocycles. The van der Waals surface area contributed by atoms with Gasteiger partial charge in [0, 0.05) is 12.5 Å². The standard InChI is InChI=1S/C22H21NO5/c1-3-4-12-26-18-10-8-17(9-11-18)21-23-20(22(25)28-21)14-16-6-5-7-19(13-16)27-15(2)24/h5-11,13-14H,3-4,12H2,1-2H3. The van der Waals surface area contributed by atoms with Gasteiger partial charge in [0.05, 0.1) is 6.61 Å². The van der Waals surface area contributed by atoms with Crippen LogP contribution in [0.5, 0.6) is 11.5 Å². The van der Waals surface area contributed by atoms with E-state index in [4.69, 9.17) is 14.2 Å². The van der Waals surface area contributed by atoms with Gasteiger partial charge in [-0.05, 0) is 54.5 Å². The van der Waals surface area contributed by atoms with Crippen molar-refractivity contribution in [2.45, 2.75) is 26.7 Å². The molecule has 0 saturated heterocycles. The Bertz CT molecular complexity index is 928. The molecule has 1 aliphatic heterocycles. The fourth-order valence-corrected chi connectivity index (χ4v) is 2.55. The topological polar surface area (TPSA) is 74.2 Å². The lowest BCUT2D eigenvalue weighted by molar-refractivity contribution is -0.132. The van der Waals surface area contributed by atoms with Crippen LogP contribution in [-0.4, -0.2) is 24.4 Å². The molecule has 0 unspecified atom stereocenters. The van der Waals surface area contributed by atoms with Crippen LogP contribution < -0.4 is 9.47 Å². The summed E-state index contributed by atoms with van der Waals surface area (Å²) in [7, 11) is 0. The maximum atomic E-state index is 12.2. The fourth-order valence-electron chi connectivity index (χ4n) is 2.55. The molecule has 28 heavy (non-hydrogen) atoms. The molecular formula is C22H21NO5. The van der Waals surface area contributed by atoms with Gasteiger partial charge in [0.15, 0.2) is 5.70 Å². The van der Waals surface area contributed by atoms with Crippen molar-refractivity contribution in [1.29, 1.82) is 0 Å². The number of esters is 2. The zero-order valence-electron chi connectivity index (χ0n) is 15.8. The molecular weight excluding hydrogens is 358 g/mol. The highest BCUT2D eigenvalue weighted by molar-refractivity contribution is 6.12. The van der Waals surface area contributed by atoms with Gasteiger partial charge in [0.25, 0.3) is 0 Å². The van der Waals surface area contributed by atoms with E-state index in [0.717, 1.165) is 18.6 Å². The molecule has 2 aromatic rings. The third-order valence-corrected chi connectivity index (χ3v) is 3.91. The summed E-state index contributed by atoms with van der Waals surface area (Å²) in [6, 6.07) is 14.1. The predicted octanol–water partition coefficient (Wildman–Crippen LogP) is 4.14. The highest BCUT2D eigenvalue weighted by Crippen LogP contribution is 2.22. The van der Waals surface area contributed by atoms with Crippen LogP contribution in [-0.2, 0) is 14.3 Å². The third-order valence-electron chi connectivity index (χ3n) is 3.91. The second-order valence-corrected chi connectivity index (χ2v) is 6.23. The lowest BCUT2D eigenvalue weighted by Gasteiger charge is -2.05. The van der Waals surface area contributed by atoms with Crippen molar-refractivity contribution >= 4 is 23.9 Å². The molecule has 0 N–H and O–H groups in total. The number of aliphatic imine (C=N–C) groups is 1. The van der Waals surface area contributed by atoms with Gasteiger partial charge in [-0.2, -0.15) is 0 Å². The normalized spacial score (nSPS) is 14.6. The minimum Gasteiger partial charge on any atom is -0.494 e. The lowest BCUT2D eigenvalue weighted by Crippen LogP contribution is -2.05. The summed E-state index contributed by atoms with van der Waals surface area (Å²) in [6.07, 6.45) is 3.66. The van der Waals surface area contributed by atoms with Crippen molar-refractivity contribution < 1.29 is 23.8 Å². The van der Waals surface area contributed by atoms with Gasteiger partial charge >= 0.3 is 11.9 Å². The number of carbonyl (C=O) groups is 2. The second kappa shape index (κ2) is 8.99. The van der Waals surface area contributed by atoms with Crippen molar-refractivity contribution in [2.75, 3.05) is 6.61 Å². The van der Waals surface area contributed by atoms with E-state index in [1.165, 1.54) is 6.92 Å². The van der Waals surface area contributed by atoms with Crippen LogP contribution in [0.2, 0.25) is 0 Å². The van der Waals surface area contributed by atoms with E-state index >= 15 is 0 Å². The van der Waals surface area contributed by atoms with E-state index in [1.54, 1.807) is 42.5 Å². The monoisotopic (exact) mass is 379 g/mol. The Labute approximate surface area is 163 Å². The van der Waals surface area contributed by atoms with E-state index in [9.17, 15) is 9.59 Å². The second-order valence-electron chi connectivity index (χ2n) is 6.23. The van der Waals surface area contributed by atoms with E-state index in [-0.39, 0.29) is 11.6 Å². The largest absolute Gasteiger partial charge is 0.494 e. The van der Waals surface area contributed by atoms with Gasteiger partial charge in [-0.15, -0.1) is 0 Å². The lowest BCUT2D eigenvalue weighted by atomic mass is 10.2. The summed E-state index contributed by atoms with van der Waals surface area (Å²) < 4.78 is 16.0. The van der Waals surface area contributed by atoms with Crippen LogP contribution >= 0.6 is 0 Å². The minimum atomic E-state index is -0.531. The number of ether oxygens (including phenoxy) is 3. The highest BCUT2D eigenvalue weighted by Gasteiger charge is 2.24. The summed E-state index contributed by atoms with van der Waals surface area (Å²) in [5, 5.41) is 0. The summed E-state index contributed by atoms with van der Waals surface area (Å²) in [6.45, 7) is 4.11.